The van der Waals surface area contributed by atoms with Crippen LogP contribution >= 0.6 is 0 Å². The lowest BCUT2D eigenvalue weighted by Crippen LogP contribution is -2.54. The number of imidazole rings is 1. The van der Waals surface area contributed by atoms with Crippen LogP contribution in [0.1, 0.15) is 76.4 Å². The molecule has 5 aromatic rings. The van der Waals surface area contributed by atoms with Gasteiger partial charge in [0.1, 0.15) is 23.9 Å². The van der Waals surface area contributed by atoms with Crippen molar-refractivity contribution < 1.29 is 42.2 Å². The molecule has 0 saturated carbocycles. The molecule has 0 unspecified atom stereocenters. The lowest BCUT2D eigenvalue weighted by molar-refractivity contribution is -0.139. The fraction of sp³-hybridized carbons (Fsp3) is 0.373. The Labute approximate surface area is 387 Å². The molecule has 2 aliphatic heterocycles. The van der Waals surface area contributed by atoms with Crippen molar-refractivity contribution in [2.75, 3.05) is 32.6 Å². The van der Waals surface area contributed by atoms with Crippen LogP contribution in [0.15, 0.2) is 91.1 Å². The zero-order valence-corrected chi connectivity index (χ0v) is 38.3. The van der Waals surface area contributed by atoms with E-state index in [0.29, 0.717) is 77.4 Å². The van der Waals surface area contributed by atoms with Gasteiger partial charge in [-0.05, 0) is 101 Å². The Hall–Kier alpha value is -7.10. The average molecular weight is 916 g/mol. The number of anilines is 1. The first-order chi connectivity index (χ1) is 32.1. The number of alkyl carbamates (subject to hydrolysis) is 2. The van der Waals surface area contributed by atoms with Crippen molar-refractivity contribution in [3.05, 3.63) is 108 Å². The fourth-order valence-electron chi connectivity index (χ4n) is 9.47. The normalized spacial score (nSPS) is 18.0. The summed E-state index contributed by atoms with van der Waals surface area (Å²) in [6.07, 6.45) is 2.91. The zero-order chi connectivity index (χ0) is 47.7. The number of aromatic nitrogens is 2. The van der Waals surface area contributed by atoms with Gasteiger partial charge in [0, 0.05) is 41.7 Å². The topological polar surface area (TPSA) is 175 Å². The first kappa shape index (κ1) is 46.4. The van der Waals surface area contributed by atoms with Crippen LogP contribution in [0, 0.1) is 11.8 Å². The molecule has 3 aliphatic rings. The van der Waals surface area contributed by atoms with Crippen LogP contribution in [0.4, 0.5) is 24.1 Å². The summed E-state index contributed by atoms with van der Waals surface area (Å²) < 4.78 is 42.7. The van der Waals surface area contributed by atoms with Crippen LogP contribution in [-0.2, 0) is 29.8 Å². The number of amides is 5. The number of benzene rings is 4. The summed E-state index contributed by atoms with van der Waals surface area (Å²) in [5, 5.41) is 8.18. The second-order valence-electron chi connectivity index (χ2n) is 18.0. The van der Waals surface area contributed by atoms with Crippen molar-refractivity contribution in [2.24, 2.45) is 11.8 Å². The molecular weight excluding hydrogens is 861 g/mol. The minimum atomic E-state index is -3.31. The van der Waals surface area contributed by atoms with E-state index in [1.165, 1.54) is 25.2 Å². The van der Waals surface area contributed by atoms with Crippen LogP contribution in [0.5, 0.6) is 0 Å². The number of hydrogen-bond acceptors (Lipinski definition) is 8. The van der Waals surface area contributed by atoms with E-state index < -0.39 is 36.2 Å². The number of fused-ring (bicyclic) bond motifs is 3. The molecule has 2 saturated heterocycles. The Morgan fingerprint density at radius 2 is 1.21 bits per heavy atom. The van der Waals surface area contributed by atoms with E-state index in [4.69, 9.17) is 14.5 Å². The van der Waals surface area contributed by atoms with E-state index >= 15 is 8.78 Å². The summed E-state index contributed by atoms with van der Waals surface area (Å²) in [5.74, 6) is -4.06. The third-order valence-electron chi connectivity index (χ3n) is 13.0. The first-order valence-electron chi connectivity index (χ1n) is 22.6. The Bertz CT molecular complexity index is 2720. The van der Waals surface area contributed by atoms with Gasteiger partial charge in [-0.25, -0.2) is 14.6 Å². The number of ether oxygens (including phenoxy) is 2. The molecular formula is C51H55F2N7O7. The van der Waals surface area contributed by atoms with Gasteiger partial charge < -0.3 is 40.2 Å². The smallest absolute Gasteiger partial charge is 0.407 e. The molecule has 16 heteroatoms. The predicted octanol–water partition coefficient (Wildman–Crippen LogP) is 8.89. The highest BCUT2D eigenvalue weighted by Crippen LogP contribution is 2.53. The number of carbonyl (C=O) groups excluding carboxylic acids is 5. The van der Waals surface area contributed by atoms with E-state index in [2.05, 4.69) is 20.9 Å². The summed E-state index contributed by atoms with van der Waals surface area (Å²) >= 11 is 0. The number of aromatic amines is 1. The Morgan fingerprint density at radius 1 is 0.687 bits per heavy atom. The zero-order valence-electron chi connectivity index (χ0n) is 38.3. The van der Waals surface area contributed by atoms with E-state index in [1.54, 1.807) is 73.5 Å². The molecule has 0 spiro atoms. The van der Waals surface area contributed by atoms with Crippen LogP contribution in [0.3, 0.4) is 0 Å². The minimum absolute atomic E-state index is 0.102. The molecule has 0 bridgehead atoms. The molecule has 14 nitrogen and oxygen atoms in total. The summed E-state index contributed by atoms with van der Waals surface area (Å²) in [5.41, 5.74) is 5.01. The molecule has 8 rings (SSSR count). The van der Waals surface area contributed by atoms with Gasteiger partial charge in [0.15, 0.2) is 0 Å². The van der Waals surface area contributed by atoms with Crippen LogP contribution < -0.4 is 16.0 Å². The third-order valence-corrected chi connectivity index (χ3v) is 13.0. The van der Waals surface area contributed by atoms with Gasteiger partial charge in [-0.1, -0.05) is 82.3 Å². The molecule has 4 N–H and O–H groups in total. The van der Waals surface area contributed by atoms with Gasteiger partial charge >= 0.3 is 12.2 Å². The lowest BCUT2D eigenvalue weighted by atomic mass is 9.97. The number of rotatable bonds is 12. The number of carbonyl (C=O) groups is 5. The van der Waals surface area contributed by atoms with Gasteiger partial charge in [0.05, 0.1) is 26.0 Å². The fourth-order valence-corrected chi connectivity index (χ4v) is 9.47. The highest BCUT2D eigenvalue weighted by molar-refractivity contribution is 5.99. The number of alkyl halides is 2. The van der Waals surface area contributed by atoms with Crippen molar-refractivity contribution in [3.63, 3.8) is 0 Å². The number of nitrogens with zero attached hydrogens (tertiary/aromatic N) is 3. The molecule has 5 amide bonds. The molecule has 1 aromatic heterocycles. The maximum atomic E-state index is 16.6. The van der Waals surface area contributed by atoms with Crippen LogP contribution in [0.2, 0.25) is 0 Å². The molecule has 350 valence electrons. The Balaban J connectivity index is 0.977. The molecule has 67 heavy (non-hydrogen) atoms. The monoisotopic (exact) mass is 915 g/mol. The van der Waals surface area contributed by atoms with Crippen molar-refractivity contribution in [1.82, 2.24) is 30.4 Å². The van der Waals surface area contributed by atoms with Crippen molar-refractivity contribution in [1.29, 1.82) is 0 Å². The van der Waals surface area contributed by atoms with Crippen molar-refractivity contribution in [2.45, 2.75) is 83.5 Å². The molecule has 0 radical (unpaired) electrons. The van der Waals surface area contributed by atoms with Gasteiger partial charge in [0.25, 0.3) is 5.92 Å². The number of likely N-dealkylation sites (tertiary alicyclic amines) is 2. The molecule has 3 heterocycles. The standard InChI is InChI=1S/C51H55F2N7O7/c1-28(2)43(57-49(64)66-5)47(62)59-21-9-15-41(59)45-54-27-40(56-45)34-13-7-11-30(23-34)32-17-19-36-37-20-18-33(26-39(37)51(52,53)38(36)25-32)31-12-8-14-35(24-31)55-46(61)42-16-10-22-60(42)48(63)44(29(3)4)58-50(65)67-6/h7-8,11-14,17-20,23-29,41-44H,9-10,15-16,21-22H2,1-6H3,(H,54,56)(H,55,61)(H,57,64)(H,58,65)/t41-,42-,43-,44-/m0/s1. The number of H-pyrrole nitrogens is 1. The summed E-state index contributed by atoms with van der Waals surface area (Å²) in [4.78, 5) is 76.2. The van der Waals surface area contributed by atoms with Crippen molar-refractivity contribution >= 4 is 35.6 Å². The Morgan fingerprint density at radius 3 is 1.81 bits per heavy atom. The second kappa shape index (κ2) is 19.0. The second-order valence-corrected chi connectivity index (χ2v) is 18.0. The van der Waals surface area contributed by atoms with Crippen LogP contribution in [-0.4, -0.2) is 95.1 Å². The van der Waals surface area contributed by atoms with Gasteiger partial charge in [-0.2, -0.15) is 8.78 Å². The largest absolute Gasteiger partial charge is 0.453 e. The molecule has 4 atom stereocenters. The first-order valence-corrected chi connectivity index (χ1v) is 22.6. The van der Waals surface area contributed by atoms with Gasteiger partial charge in [-0.15, -0.1) is 0 Å². The Kier molecular flexibility index (Phi) is 13.2. The summed E-state index contributed by atoms with van der Waals surface area (Å²) in [6.45, 7) is 8.21. The molecule has 1 aliphatic carbocycles. The average Bonchev–Trinajstić information content (AvgIpc) is 4.16. The SMILES string of the molecule is COC(=O)N[C@H](C(=O)N1CCC[C@H]1C(=O)Nc1cccc(-c2ccc3c(c2)C(F)(F)c2cc(-c4cccc(-c5c[nH]c([C@@H]6CCCN6C(=O)[C@@H](NC(=O)OC)C(C)C)n5)c4)ccc2-3)c1)C(C)C. The predicted molar refractivity (Wildman–Crippen MR) is 249 cm³/mol. The quantitative estimate of drug-likeness (QED) is 0.0960. The maximum Gasteiger partial charge on any atom is 0.407 e. The van der Waals surface area contributed by atoms with E-state index in [1.807, 2.05) is 44.2 Å². The van der Waals surface area contributed by atoms with E-state index in [-0.39, 0.29) is 46.7 Å². The summed E-state index contributed by atoms with van der Waals surface area (Å²) in [6, 6.07) is 21.9. The summed E-state index contributed by atoms with van der Waals surface area (Å²) in [7, 11) is 2.48. The maximum absolute atomic E-state index is 16.6. The van der Waals surface area contributed by atoms with Crippen molar-refractivity contribution in [3.8, 4) is 44.6 Å². The van der Waals surface area contributed by atoms with Gasteiger partial charge in [-0.3, -0.25) is 14.4 Å². The van der Waals surface area contributed by atoms with E-state index in [9.17, 15) is 24.0 Å². The highest BCUT2D eigenvalue weighted by atomic mass is 19.3. The van der Waals surface area contributed by atoms with E-state index in [0.717, 1.165) is 17.5 Å². The lowest BCUT2D eigenvalue weighted by Gasteiger charge is -2.30. The number of hydrogen-bond donors (Lipinski definition) is 4. The highest BCUT2D eigenvalue weighted by Gasteiger charge is 2.45. The minimum Gasteiger partial charge on any atom is -0.453 e. The van der Waals surface area contributed by atoms with Gasteiger partial charge in [0.2, 0.25) is 17.7 Å². The number of nitrogens with one attached hydrogen (secondary N) is 4. The third kappa shape index (κ3) is 9.21. The number of halogens is 2. The van der Waals surface area contributed by atoms with Crippen LogP contribution in [0.25, 0.3) is 44.6 Å². The molecule has 4 aromatic carbocycles. The number of methoxy groups -OCH3 is 2. The molecule has 2 fully saturated rings.